The number of amides is 1. The van der Waals surface area contributed by atoms with Gasteiger partial charge in [0.25, 0.3) is 5.91 Å². The van der Waals surface area contributed by atoms with Gasteiger partial charge in [-0.05, 0) is 37.8 Å². The molecular formula is C12H18N2OS. The molecule has 88 valence electrons. The molecule has 1 unspecified atom stereocenters. The van der Waals surface area contributed by atoms with E-state index in [9.17, 15) is 4.79 Å². The molecule has 1 rings (SSSR count). The average Bonchev–Trinajstić information content (AvgIpc) is 2.17. The number of rotatable bonds is 4. The van der Waals surface area contributed by atoms with Gasteiger partial charge in [-0.25, -0.2) is 0 Å². The SMILES string of the molecule is CSCC(C)NC(=O)c1ccc(C)cc1N. The fourth-order valence-electron chi connectivity index (χ4n) is 1.48. The standard InChI is InChI=1S/C12H18N2OS/c1-8-4-5-10(11(13)6-8)12(15)14-9(2)7-16-3/h4-6,9H,7,13H2,1-3H3,(H,14,15). The Kier molecular flexibility index (Phi) is 4.68. The van der Waals surface area contributed by atoms with Gasteiger partial charge in [0.1, 0.15) is 0 Å². The molecule has 0 saturated carbocycles. The van der Waals surface area contributed by atoms with E-state index in [0.717, 1.165) is 11.3 Å². The van der Waals surface area contributed by atoms with Crippen LogP contribution >= 0.6 is 11.8 Å². The summed E-state index contributed by atoms with van der Waals surface area (Å²) in [5.41, 5.74) is 7.96. The van der Waals surface area contributed by atoms with Crippen LogP contribution in [-0.2, 0) is 0 Å². The maximum atomic E-state index is 11.9. The first kappa shape index (κ1) is 12.9. The third kappa shape index (κ3) is 3.45. The van der Waals surface area contributed by atoms with Crippen LogP contribution in [0.3, 0.4) is 0 Å². The summed E-state index contributed by atoms with van der Waals surface area (Å²) in [5.74, 6) is 0.802. The molecule has 0 aliphatic heterocycles. The fraction of sp³-hybridized carbons (Fsp3) is 0.417. The van der Waals surface area contributed by atoms with Crippen molar-refractivity contribution in [2.75, 3.05) is 17.7 Å². The van der Waals surface area contributed by atoms with Gasteiger partial charge in [0.05, 0.1) is 5.56 Å². The maximum absolute atomic E-state index is 11.9. The van der Waals surface area contributed by atoms with E-state index in [1.165, 1.54) is 0 Å². The number of carbonyl (C=O) groups is 1. The molecule has 0 radical (unpaired) electrons. The Labute approximate surface area is 101 Å². The Balaban J connectivity index is 2.73. The number of nitrogens with one attached hydrogen (secondary N) is 1. The summed E-state index contributed by atoms with van der Waals surface area (Å²) in [6.45, 7) is 3.94. The summed E-state index contributed by atoms with van der Waals surface area (Å²) in [4.78, 5) is 11.9. The van der Waals surface area contributed by atoms with Gasteiger partial charge >= 0.3 is 0 Å². The van der Waals surface area contributed by atoms with E-state index in [1.807, 2.05) is 32.2 Å². The highest BCUT2D eigenvalue weighted by molar-refractivity contribution is 7.98. The molecule has 0 aromatic heterocycles. The quantitative estimate of drug-likeness (QED) is 0.789. The molecule has 0 aliphatic carbocycles. The second-order valence-corrected chi connectivity index (χ2v) is 4.83. The lowest BCUT2D eigenvalue weighted by molar-refractivity contribution is 0.0944. The van der Waals surface area contributed by atoms with Gasteiger partial charge < -0.3 is 11.1 Å². The molecule has 1 aromatic rings. The smallest absolute Gasteiger partial charge is 0.253 e. The van der Waals surface area contributed by atoms with Gasteiger partial charge in [-0.15, -0.1) is 0 Å². The van der Waals surface area contributed by atoms with E-state index in [-0.39, 0.29) is 11.9 Å². The molecular weight excluding hydrogens is 220 g/mol. The van der Waals surface area contributed by atoms with Crippen molar-refractivity contribution in [1.82, 2.24) is 5.32 Å². The zero-order valence-corrected chi connectivity index (χ0v) is 10.7. The summed E-state index contributed by atoms with van der Waals surface area (Å²) in [6, 6.07) is 5.63. The van der Waals surface area contributed by atoms with E-state index in [4.69, 9.17) is 5.73 Å². The summed E-state index contributed by atoms with van der Waals surface area (Å²) in [6.07, 6.45) is 2.02. The molecule has 1 amide bonds. The first-order valence-electron chi connectivity index (χ1n) is 5.20. The Morgan fingerprint density at radius 2 is 2.25 bits per heavy atom. The maximum Gasteiger partial charge on any atom is 0.253 e. The van der Waals surface area contributed by atoms with Crippen LogP contribution in [0.4, 0.5) is 5.69 Å². The van der Waals surface area contributed by atoms with Crippen molar-refractivity contribution in [3.05, 3.63) is 29.3 Å². The topological polar surface area (TPSA) is 55.1 Å². The number of anilines is 1. The van der Waals surface area contributed by atoms with E-state index >= 15 is 0 Å². The number of carbonyl (C=O) groups excluding carboxylic acids is 1. The normalized spacial score (nSPS) is 12.2. The first-order chi connectivity index (χ1) is 7.54. The lowest BCUT2D eigenvalue weighted by Gasteiger charge is -2.13. The van der Waals surface area contributed by atoms with Gasteiger partial charge in [-0.2, -0.15) is 11.8 Å². The summed E-state index contributed by atoms with van der Waals surface area (Å²) in [5, 5.41) is 2.92. The minimum Gasteiger partial charge on any atom is -0.398 e. The number of hydrogen-bond donors (Lipinski definition) is 2. The highest BCUT2D eigenvalue weighted by Gasteiger charge is 2.11. The summed E-state index contributed by atoms with van der Waals surface area (Å²) < 4.78 is 0. The van der Waals surface area contributed by atoms with Gasteiger partial charge in [0.15, 0.2) is 0 Å². The molecule has 0 heterocycles. The number of nitrogens with two attached hydrogens (primary N) is 1. The van der Waals surface area contributed by atoms with Gasteiger partial charge in [0.2, 0.25) is 0 Å². The third-order valence-electron chi connectivity index (χ3n) is 2.25. The molecule has 4 heteroatoms. The van der Waals surface area contributed by atoms with Crippen LogP contribution in [0.5, 0.6) is 0 Å². The van der Waals surface area contributed by atoms with Crippen molar-refractivity contribution in [3.8, 4) is 0 Å². The Morgan fingerprint density at radius 1 is 1.56 bits per heavy atom. The average molecular weight is 238 g/mol. The number of hydrogen-bond acceptors (Lipinski definition) is 3. The van der Waals surface area contributed by atoms with Crippen molar-refractivity contribution in [2.45, 2.75) is 19.9 Å². The molecule has 0 aliphatic rings. The third-order valence-corrected chi connectivity index (χ3v) is 3.08. The lowest BCUT2D eigenvalue weighted by atomic mass is 10.1. The summed E-state index contributed by atoms with van der Waals surface area (Å²) >= 11 is 1.71. The number of thioether (sulfide) groups is 1. The minimum absolute atomic E-state index is 0.0981. The predicted octanol–water partition coefficient (Wildman–Crippen LogP) is 2.06. The van der Waals surface area contributed by atoms with Crippen LogP contribution in [0.2, 0.25) is 0 Å². The first-order valence-corrected chi connectivity index (χ1v) is 6.60. The molecule has 3 N–H and O–H groups in total. The molecule has 0 saturated heterocycles. The van der Waals surface area contributed by atoms with Crippen molar-refractivity contribution in [2.24, 2.45) is 0 Å². The molecule has 0 bridgehead atoms. The van der Waals surface area contributed by atoms with E-state index in [2.05, 4.69) is 5.32 Å². The molecule has 0 spiro atoms. The molecule has 1 aromatic carbocycles. The second-order valence-electron chi connectivity index (χ2n) is 3.92. The highest BCUT2D eigenvalue weighted by Crippen LogP contribution is 2.13. The predicted molar refractivity (Wildman–Crippen MR) is 70.9 cm³/mol. The molecule has 0 fully saturated rings. The van der Waals surface area contributed by atoms with Gasteiger partial charge in [-0.1, -0.05) is 6.07 Å². The fourth-order valence-corrected chi connectivity index (χ4v) is 2.07. The number of benzene rings is 1. The largest absolute Gasteiger partial charge is 0.398 e. The monoisotopic (exact) mass is 238 g/mol. The second kappa shape index (κ2) is 5.80. The Morgan fingerprint density at radius 3 is 2.81 bits per heavy atom. The van der Waals surface area contributed by atoms with Crippen molar-refractivity contribution >= 4 is 23.4 Å². The van der Waals surface area contributed by atoms with Gasteiger partial charge in [0, 0.05) is 17.5 Å². The van der Waals surface area contributed by atoms with Crippen LogP contribution in [0.15, 0.2) is 18.2 Å². The minimum atomic E-state index is -0.0981. The van der Waals surface area contributed by atoms with Crippen LogP contribution in [0.25, 0.3) is 0 Å². The lowest BCUT2D eigenvalue weighted by Crippen LogP contribution is -2.34. The Hall–Kier alpha value is -1.16. The van der Waals surface area contributed by atoms with Crippen LogP contribution < -0.4 is 11.1 Å². The zero-order chi connectivity index (χ0) is 12.1. The van der Waals surface area contributed by atoms with Crippen LogP contribution in [0, 0.1) is 6.92 Å². The van der Waals surface area contributed by atoms with E-state index in [0.29, 0.717) is 11.3 Å². The van der Waals surface area contributed by atoms with Crippen molar-refractivity contribution in [3.63, 3.8) is 0 Å². The molecule has 16 heavy (non-hydrogen) atoms. The Bertz CT molecular complexity index is 379. The van der Waals surface area contributed by atoms with E-state index in [1.54, 1.807) is 17.8 Å². The number of nitrogen functional groups attached to an aromatic ring is 1. The van der Waals surface area contributed by atoms with Crippen molar-refractivity contribution in [1.29, 1.82) is 0 Å². The van der Waals surface area contributed by atoms with E-state index < -0.39 is 0 Å². The zero-order valence-electron chi connectivity index (χ0n) is 9.91. The van der Waals surface area contributed by atoms with Crippen LogP contribution in [0.1, 0.15) is 22.8 Å². The molecule has 3 nitrogen and oxygen atoms in total. The van der Waals surface area contributed by atoms with Gasteiger partial charge in [-0.3, -0.25) is 4.79 Å². The van der Waals surface area contributed by atoms with Crippen LogP contribution in [-0.4, -0.2) is 24.0 Å². The molecule has 1 atom stereocenters. The number of aryl methyl sites for hydroxylation is 1. The van der Waals surface area contributed by atoms with Crippen molar-refractivity contribution < 1.29 is 4.79 Å². The summed E-state index contributed by atoms with van der Waals surface area (Å²) in [7, 11) is 0. The highest BCUT2D eigenvalue weighted by atomic mass is 32.2.